The van der Waals surface area contributed by atoms with Crippen LogP contribution in [0.15, 0.2) is 36.4 Å². The van der Waals surface area contributed by atoms with E-state index >= 15 is 0 Å². The molecular formula is C16H16FNOS. The smallest absolute Gasteiger partial charge is 0.123 e. The van der Waals surface area contributed by atoms with Crippen molar-refractivity contribution >= 4 is 11.3 Å². The van der Waals surface area contributed by atoms with Gasteiger partial charge in [0.1, 0.15) is 12.4 Å². The summed E-state index contributed by atoms with van der Waals surface area (Å²) in [4.78, 5) is 4.28. The lowest BCUT2D eigenvalue weighted by molar-refractivity contribution is 0.321. The average molecular weight is 289 g/mol. The summed E-state index contributed by atoms with van der Waals surface area (Å²) in [5.41, 5.74) is 0.962. The first kappa shape index (κ1) is 14.7. The number of nitrogens with zero attached hydrogens (tertiary/aromatic N) is 1. The number of rotatable bonds is 4. The fourth-order valence-electron chi connectivity index (χ4n) is 1.93. The number of hydrogen-bond donors (Lipinski definition) is 1. The van der Waals surface area contributed by atoms with E-state index in [0.717, 1.165) is 17.0 Å². The predicted octanol–water partition coefficient (Wildman–Crippen LogP) is 2.86. The lowest BCUT2D eigenvalue weighted by atomic mass is 10.2. The van der Waals surface area contributed by atoms with Gasteiger partial charge in [0, 0.05) is 18.0 Å². The van der Waals surface area contributed by atoms with Crippen LogP contribution in [0.3, 0.4) is 0 Å². The molecule has 1 aromatic carbocycles. The van der Waals surface area contributed by atoms with E-state index in [1.807, 2.05) is 25.2 Å². The highest BCUT2D eigenvalue weighted by molar-refractivity contribution is 7.12. The fourth-order valence-corrected chi connectivity index (χ4v) is 2.89. The summed E-state index contributed by atoms with van der Waals surface area (Å²) in [5, 5.41) is 8.66. The molecule has 0 aliphatic carbocycles. The minimum atomic E-state index is -0.200. The molecule has 1 heterocycles. The molecule has 0 saturated heterocycles. The summed E-state index contributed by atoms with van der Waals surface area (Å²) >= 11 is 1.61. The first-order valence-corrected chi connectivity index (χ1v) is 7.10. The molecule has 2 aromatic rings. The predicted molar refractivity (Wildman–Crippen MR) is 79.9 cm³/mol. The van der Waals surface area contributed by atoms with Crippen molar-refractivity contribution < 1.29 is 9.50 Å². The van der Waals surface area contributed by atoms with Gasteiger partial charge in [-0.2, -0.15) is 0 Å². The van der Waals surface area contributed by atoms with Gasteiger partial charge in [0.15, 0.2) is 0 Å². The largest absolute Gasteiger partial charge is 0.384 e. The first-order chi connectivity index (χ1) is 9.67. The van der Waals surface area contributed by atoms with Crippen molar-refractivity contribution in [2.75, 3.05) is 13.7 Å². The highest BCUT2D eigenvalue weighted by Crippen LogP contribution is 2.18. The molecule has 0 fully saturated rings. The van der Waals surface area contributed by atoms with Crippen molar-refractivity contribution in [3.8, 4) is 11.8 Å². The average Bonchev–Trinajstić information content (AvgIpc) is 2.83. The maximum absolute atomic E-state index is 13.1. The van der Waals surface area contributed by atoms with E-state index in [1.54, 1.807) is 23.5 Å². The zero-order chi connectivity index (χ0) is 14.4. The van der Waals surface area contributed by atoms with Gasteiger partial charge in [-0.05, 0) is 36.9 Å². The van der Waals surface area contributed by atoms with E-state index in [4.69, 9.17) is 5.11 Å². The van der Waals surface area contributed by atoms with Gasteiger partial charge in [-0.3, -0.25) is 4.90 Å². The van der Waals surface area contributed by atoms with Crippen LogP contribution in [0.5, 0.6) is 0 Å². The van der Waals surface area contributed by atoms with E-state index in [1.165, 1.54) is 10.9 Å². The Hall–Kier alpha value is -1.67. The van der Waals surface area contributed by atoms with Gasteiger partial charge in [-0.1, -0.05) is 24.0 Å². The van der Waals surface area contributed by atoms with Crippen LogP contribution in [0.2, 0.25) is 0 Å². The molecule has 0 atom stereocenters. The first-order valence-electron chi connectivity index (χ1n) is 6.29. The molecule has 0 saturated carbocycles. The summed E-state index contributed by atoms with van der Waals surface area (Å²) in [7, 11) is 2.00. The van der Waals surface area contributed by atoms with Gasteiger partial charge in [-0.25, -0.2) is 4.39 Å². The molecule has 0 aliphatic heterocycles. The van der Waals surface area contributed by atoms with E-state index in [0.29, 0.717) is 6.54 Å². The molecule has 20 heavy (non-hydrogen) atoms. The molecule has 0 bridgehead atoms. The summed E-state index contributed by atoms with van der Waals surface area (Å²) in [6.45, 7) is 1.38. The maximum Gasteiger partial charge on any atom is 0.123 e. The molecule has 2 nitrogen and oxygen atoms in total. The molecule has 0 aliphatic rings. The Kier molecular flexibility index (Phi) is 5.31. The van der Waals surface area contributed by atoms with Crippen molar-refractivity contribution in [1.29, 1.82) is 0 Å². The standard InChI is InChI=1S/C16H16FNOS/c1-18(11-13-4-2-5-14(17)10-13)12-16-8-7-15(20-16)6-3-9-19/h2,4-5,7-8,10,19H,9,11-12H2,1H3. The lowest BCUT2D eigenvalue weighted by Gasteiger charge is -2.15. The van der Waals surface area contributed by atoms with Crippen LogP contribution in [0.4, 0.5) is 4.39 Å². The van der Waals surface area contributed by atoms with Crippen molar-refractivity contribution in [3.63, 3.8) is 0 Å². The Morgan fingerprint density at radius 3 is 2.85 bits per heavy atom. The van der Waals surface area contributed by atoms with Crippen molar-refractivity contribution in [1.82, 2.24) is 4.90 Å². The minimum absolute atomic E-state index is 0.118. The summed E-state index contributed by atoms with van der Waals surface area (Å²) in [5.74, 6) is 5.33. The quantitative estimate of drug-likeness (QED) is 0.875. The maximum atomic E-state index is 13.1. The van der Waals surface area contributed by atoms with Crippen LogP contribution in [0.25, 0.3) is 0 Å². The van der Waals surface area contributed by atoms with Crippen LogP contribution in [-0.4, -0.2) is 23.7 Å². The SMILES string of the molecule is CN(Cc1cccc(F)c1)Cc1ccc(C#CCO)s1. The third-order valence-corrected chi connectivity index (χ3v) is 3.70. The summed E-state index contributed by atoms with van der Waals surface area (Å²) in [6, 6.07) is 10.7. The molecule has 0 unspecified atom stereocenters. The fraction of sp³-hybridized carbons (Fsp3) is 0.250. The van der Waals surface area contributed by atoms with Crippen LogP contribution >= 0.6 is 11.3 Å². The van der Waals surface area contributed by atoms with Crippen molar-refractivity contribution in [2.24, 2.45) is 0 Å². The van der Waals surface area contributed by atoms with E-state index in [9.17, 15) is 4.39 Å². The Morgan fingerprint density at radius 1 is 1.25 bits per heavy atom. The minimum Gasteiger partial charge on any atom is -0.384 e. The van der Waals surface area contributed by atoms with Gasteiger partial charge in [0.2, 0.25) is 0 Å². The van der Waals surface area contributed by atoms with E-state index in [-0.39, 0.29) is 12.4 Å². The Balaban J connectivity index is 1.94. The molecule has 1 aromatic heterocycles. The van der Waals surface area contributed by atoms with Gasteiger partial charge in [0.25, 0.3) is 0 Å². The van der Waals surface area contributed by atoms with Gasteiger partial charge >= 0.3 is 0 Å². The van der Waals surface area contributed by atoms with Crippen LogP contribution < -0.4 is 0 Å². The summed E-state index contributed by atoms with van der Waals surface area (Å²) in [6.07, 6.45) is 0. The number of benzene rings is 1. The number of aliphatic hydroxyl groups is 1. The second kappa shape index (κ2) is 7.20. The van der Waals surface area contributed by atoms with E-state index in [2.05, 4.69) is 16.7 Å². The van der Waals surface area contributed by atoms with Crippen LogP contribution in [0.1, 0.15) is 15.3 Å². The number of hydrogen-bond acceptors (Lipinski definition) is 3. The zero-order valence-corrected chi connectivity index (χ0v) is 12.1. The highest BCUT2D eigenvalue weighted by atomic mass is 32.1. The Labute approximate surface area is 122 Å². The molecular weight excluding hydrogens is 273 g/mol. The number of aliphatic hydroxyl groups excluding tert-OH is 1. The zero-order valence-electron chi connectivity index (χ0n) is 11.3. The van der Waals surface area contributed by atoms with Gasteiger partial charge in [0.05, 0.1) is 4.88 Å². The highest BCUT2D eigenvalue weighted by Gasteiger charge is 2.05. The second-order valence-corrected chi connectivity index (χ2v) is 5.70. The van der Waals surface area contributed by atoms with Crippen LogP contribution in [-0.2, 0) is 13.1 Å². The second-order valence-electron chi connectivity index (χ2n) is 4.53. The third-order valence-electron chi connectivity index (χ3n) is 2.72. The normalized spacial score (nSPS) is 10.4. The molecule has 4 heteroatoms. The summed E-state index contributed by atoms with van der Waals surface area (Å²) < 4.78 is 13.1. The monoisotopic (exact) mass is 289 g/mol. The van der Waals surface area contributed by atoms with Crippen molar-refractivity contribution in [3.05, 3.63) is 57.5 Å². The molecule has 1 N–H and O–H groups in total. The molecule has 0 radical (unpaired) electrons. The molecule has 0 spiro atoms. The topological polar surface area (TPSA) is 23.5 Å². The third kappa shape index (κ3) is 4.46. The van der Waals surface area contributed by atoms with Gasteiger partial charge < -0.3 is 5.11 Å². The lowest BCUT2D eigenvalue weighted by Crippen LogP contribution is -2.16. The molecule has 0 amide bonds. The molecule has 2 rings (SSSR count). The Morgan fingerprint density at radius 2 is 2.10 bits per heavy atom. The van der Waals surface area contributed by atoms with Crippen LogP contribution in [0, 0.1) is 17.7 Å². The van der Waals surface area contributed by atoms with Gasteiger partial charge in [-0.15, -0.1) is 11.3 Å². The van der Waals surface area contributed by atoms with E-state index < -0.39 is 0 Å². The molecule has 104 valence electrons. The Bertz CT molecular complexity index is 627. The number of halogens is 1. The van der Waals surface area contributed by atoms with Crippen molar-refractivity contribution in [2.45, 2.75) is 13.1 Å². The number of thiophene rings is 1.